The van der Waals surface area contributed by atoms with Crippen molar-refractivity contribution in [2.75, 3.05) is 13.2 Å². The van der Waals surface area contributed by atoms with Gasteiger partial charge in [0.2, 0.25) is 5.91 Å². The summed E-state index contributed by atoms with van der Waals surface area (Å²) < 4.78 is 5.69. The van der Waals surface area contributed by atoms with Gasteiger partial charge in [-0.25, -0.2) is 0 Å². The Balaban J connectivity index is 1.72. The number of carbonyl (C=O) groups excluding carboxylic acids is 1. The summed E-state index contributed by atoms with van der Waals surface area (Å²) in [6.45, 7) is 5.64. The molecule has 3 rings (SSSR count). The molecule has 4 heteroatoms. The number of carbonyl (C=O) groups is 1. The molecule has 0 aromatic carbocycles. The zero-order valence-corrected chi connectivity index (χ0v) is 10.7. The van der Waals surface area contributed by atoms with Crippen molar-refractivity contribution in [1.82, 2.24) is 5.32 Å². The molecule has 0 aromatic rings. The Morgan fingerprint density at radius 3 is 2.76 bits per heavy atom. The lowest BCUT2D eigenvalue weighted by molar-refractivity contribution is -0.175. The van der Waals surface area contributed by atoms with E-state index in [2.05, 4.69) is 19.2 Å². The SMILES string of the molecule is CC1(C)C2OCCC2C1(N)C(=O)NCC1CC1. The van der Waals surface area contributed by atoms with E-state index in [-0.39, 0.29) is 23.3 Å². The predicted molar refractivity (Wildman–Crippen MR) is 64.3 cm³/mol. The molecule has 0 aromatic heterocycles. The molecule has 1 heterocycles. The van der Waals surface area contributed by atoms with E-state index in [0.717, 1.165) is 19.6 Å². The van der Waals surface area contributed by atoms with E-state index >= 15 is 0 Å². The highest BCUT2D eigenvalue weighted by Gasteiger charge is 2.71. The van der Waals surface area contributed by atoms with Crippen LogP contribution in [-0.2, 0) is 9.53 Å². The summed E-state index contributed by atoms with van der Waals surface area (Å²) in [5.74, 6) is 0.930. The van der Waals surface area contributed by atoms with Gasteiger partial charge in [-0.05, 0) is 25.2 Å². The van der Waals surface area contributed by atoms with Gasteiger partial charge < -0.3 is 15.8 Å². The minimum Gasteiger partial charge on any atom is -0.377 e. The van der Waals surface area contributed by atoms with E-state index < -0.39 is 5.54 Å². The van der Waals surface area contributed by atoms with E-state index in [9.17, 15) is 4.79 Å². The van der Waals surface area contributed by atoms with Gasteiger partial charge in [0.05, 0.1) is 6.10 Å². The molecule has 3 atom stereocenters. The van der Waals surface area contributed by atoms with Crippen LogP contribution < -0.4 is 11.1 Å². The number of ether oxygens (including phenoxy) is 1. The van der Waals surface area contributed by atoms with Gasteiger partial charge in [0.25, 0.3) is 0 Å². The van der Waals surface area contributed by atoms with Crippen molar-refractivity contribution in [1.29, 1.82) is 0 Å². The van der Waals surface area contributed by atoms with Gasteiger partial charge in [-0.3, -0.25) is 4.79 Å². The van der Waals surface area contributed by atoms with Gasteiger partial charge in [0, 0.05) is 24.5 Å². The number of hydrogen-bond acceptors (Lipinski definition) is 3. The molecule has 17 heavy (non-hydrogen) atoms. The first-order valence-corrected chi connectivity index (χ1v) is 6.66. The minimum absolute atomic E-state index is 0.0288. The third-order valence-electron chi connectivity index (χ3n) is 5.08. The lowest BCUT2D eigenvalue weighted by Gasteiger charge is -2.60. The number of fused-ring (bicyclic) bond motifs is 1. The lowest BCUT2D eigenvalue weighted by Crippen LogP contribution is -2.80. The molecular weight excluding hydrogens is 216 g/mol. The van der Waals surface area contributed by atoms with Crippen molar-refractivity contribution < 1.29 is 9.53 Å². The highest BCUT2D eigenvalue weighted by molar-refractivity contribution is 5.89. The molecule has 3 aliphatic rings. The van der Waals surface area contributed by atoms with Gasteiger partial charge in [-0.15, -0.1) is 0 Å². The van der Waals surface area contributed by atoms with Crippen LogP contribution in [-0.4, -0.2) is 30.7 Å². The molecule has 3 unspecified atom stereocenters. The third kappa shape index (κ3) is 1.40. The fraction of sp³-hybridized carbons (Fsp3) is 0.923. The van der Waals surface area contributed by atoms with Crippen LogP contribution in [0.4, 0.5) is 0 Å². The molecule has 2 saturated carbocycles. The van der Waals surface area contributed by atoms with E-state index in [0.29, 0.717) is 5.92 Å². The highest BCUT2D eigenvalue weighted by Crippen LogP contribution is 2.58. The molecule has 0 bridgehead atoms. The predicted octanol–water partition coefficient (Wildman–Crippen LogP) is 0.655. The number of rotatable bonds is 3. The van der Waals surface area contributed by atoms with Crippen LogP contribution in [0.2, 0.25) is 0 Å². The Morgan fingerprint density at radius 2 is 2.12 bits per heavy atom. The highest BCUT2D eigenvalue weighted by atomic mass is 16.5. The Kier molecular flexibility index (Phi) is 2.33. The summed E-state index contributed by atoms with van der Waals surface area (Å²) in [6, 6.07) is 0. The normalized spacial score (nSPS) is 42.8. The summed E-state index contributed by atoms with van der Waals surface area (Å²) in [5.41, 5.74) is 5.44. The van der Waals surface area contributed by atoms with Crippen LogP contribution >= 0.6 is 0 Å². The Labute approximate surface area is 102 Å². The van der Waals surface area contributed by atoms with Crippen molar-refractivity contribution >= 4 is 5.91 Å². The maximum atomic E-state index is 12.3. The summed E-state index contributed by atoms with van der Waals surface area (Å²) >= 11 is 0. The molecule has 3 N–H and O–H groups in total. The summed E-state index contributed by atoms with van der Waals surface area (Å²) in [6.07, 6.45) is 3.58. The van der Waals surface area contributed by atoms with E-state index in [1.165, 1.54) is 12.8 Å². The summed E-state index contributed by atoms with van der Waals surface area (Å²) in [7, 11) is 0. The molecule has 2 aliphatic carbocycles. The molecule has 96 valence electrons. The quantitative estimate of drug-likeness (QED) is 0.759. The van der Waals surface area contributed by atoms with E-state index in [4.69, 9.17) is 10.5 Å². The second-order valence-electron chi connectivity index (χ2n) is 6.43. The average molecular weight is 238 g/mol. The number of hydrogen-bond donors (Lipinski definition) is 2. The van der Waals surface area contributed by atoms with Crippen LogP contribution in [0.25, 0.3) is 0 Å². The fourth-order valence-electron chi connectivity index (χ4n) is 3.55. The first kappa shape index (κ1) is 11.5. The second-order valence-corrected chi connectivity index (χ2v) is 6.43. The monoisotopic (exact) mass is 238 g/mol. The zero-order chi connectivity index (χ0) is 12.3. The molecule has 1 saturated heterocycles. The van der Waals surface area contributed by atoms with Crippen molar-refractivity contribution in [3.05, 3.63) is 0 Å². The molecule has 3 fully saturated rings. The maximum absolute atomic E-state index is 12.3. The summed E-state index contributed by atoms with van der Waals surface area (Å²) in [5, 5.41) is 3.04. The maximum Gasteiger partial charge on any atom is 0.241 e. The third-order valence-corrected chi connectivity index (χ3v) is 5.08. The molecule has 0 spiro atoms. The second kappa shape index (κ2) is 3.45. The molecular formula is C13H22N2O2. The number of nitrogens with two attached hydrogens (primary N) is 1. The topological polar surface area (TPSA) is 64.3 Å². The smallest absolute Gasteiger partial charge is 0.241 e. The van der Waals surface area contributed by atoms with Crippen LogP contribution in [0.3, 0.4) is 0 Å². The summed E-state index contributed by atoms with van der Waals surface area (Å²) in [4.78, 5) is 12.3. The molecule has 1 amide bonds. The Bertz CT molecular complexity index is 351. The molecule has 4 nitrogen and oxygen atoms in total. The van der Waals surface area contributed by atoms with E-state index in [1.807, 2.05) is 0 Å². The average Bonchev–Trinajstić information content (AvgIpc) is 2.99. The molecule has 0 radical (unpaired) electrons. The van der Waals surface area contributed by atoms with Crippen LogP contribution in [0, 0.1) is 17.3 Å². The standard InChI is InChI=1S/C13H22N2O2/c1-12(2)10-9(5-6-17-10)13(12,14)11(16)15-7-8-3-4-8/h8-10H,3-7,14H2,1-2H3,(H,15,16). The fourth-order valence-corrected chi connectivity index (χ4v) is 3.55. The first-order chi connectivity index (χ1) is 7.98. The first-order valence-electron chi connectivity index (χ1n) is 6.66. The van der Waals surface area contributed by atoms with Crippen molar-refractivity contribution in [2.45, 2.75) is 44.8 Å². The van der Waals surface area contributed by atoms with Gasteiger partial charge in [0.1, 0.15) is 5.54 Å². The van der Waals surface area contributed by atoms with Crippen LogP contribution in [0.15, 0.2) is 0 Å². The van der Waals surface area contributed by atoms with Crippen molar-refractivity contribution in [3.63, 3.8) is 0 Å². The van der Waals surface area contributed by atoms with Gasteiger partial charge in [-0.2, -0.15) is 0 Å². The Morgan fingerprint density at radius 1 is 1.41 bits per heavy atom. The van der Waals surface area contributed by atoms with Crippen molar-refractivity contribution in [2.24, 2.45) is 23.0 Å². The zero-order valence-electron chi connectivity index (χ0n) is 10.7. The lowest BCUT2D eigenvalue weighted by atomic mass is 9.48. The van der Waals surface area contributed by atoms with Crippen LogP contribution in [0.5, 0.6) is 0 Å². The number of nitrogens with one attached hydrogen (secondary N) is 1. The van der Waals surface area contributed by atoms with Gasteiger partial charge in [-0.1, -0.05) is 13.8 Å². The van der Waals surface area contributed by atoms with Crippen molar-refractivity contribution in [3.8, 4) is 0 Å². The Hall–Kier alpha value is -0.610. The minimum atomic E-state index is -0.733. The largest absolute Gasteiger partial charge is 0.377 e. The van der Waals surface area contributed by atoms with Crippen LogP contribution in [0.1, 0.15) is 33.1 Å². The van der Waals surface area contributed by atoms with E-state index in [1.54, 1.807) is 0 Å². The number of amides is 1. The van der Waals surface area contributed by atoms with Gasteiger partial charge in [0.15, 0.2) is 0 Å². The molecule has 1 aliphatic heterocycles. The van der Waals surface area contributed by atoms with Gasteiger partial charge >= 0.3 is 0 Å².